The van der Waals surface area contributed by atoms with Crippen LogP contribution < -0.4 is 5.32 Å². The van der Waals surface area contributed by atoms with Crippen LogP contribution in [-0.4, -0.2) is 10.9 Å². The van der Waals surface area contributed by atoms with Gasteiger partial charge in [0.05, 0.1) is 11.7 Å². The predicted octanol–water partition coefficient (Wildman–Crippen LogP) is 5.35. The van der Waals surface area contributed by atoms with Crippen LogP contribution in [0.3, 0.4) is 0 Å². The van der Waals surface area contributed by atoms with Gasteiger partial charge in [0.25, 0.3) is 0 Å². The molecule has 5 heteroatoms. The molecule has 1 N–H and O–H groups in total. The van der Waals surface area contributed by atoms with Crippen molar-refractivity contribution in [3.8, 4) is 10.4 Å². The minimum Gasteiger partial charge on any atom is -0.344 e. The number of aromatic nitrogens is 1. The molecular weight excluding hydrogens is 352 g/mol. The summed E-state index contributed by atoms with van der Waals surface area (Å²) >= 11 is 7.82. The molecule has 1 aromatic carbocycles. The molecule has 0 saturated carbocycles. The molecule has 0 aliphatic carbocycles. The molecule has 2 aromatic heterocycles. The van der Waals surface area contributed by atoms with Crippen molar-refractivity contribution in [2.24, 2.45) is 0 Å². The first kappa shape index (κ1) is 17.4. The predicted molar refractivity (Wildman–Crippen MR) is 105 cm³/mol. The fourth-order valence-corrected chi connectivity index (χ4v) is 3.62. The van der Waals surface area contributed by atoms with E-state index in [1.807, 2.05) is 67.6 Å². The first-order valence-electron chi connectivity index (χ1n) is 7.88. The van der Waals surface area contributed by atoms with Crippen LogP contribution in [0.4, 0.5) is 0 Å². The molecule has 0 spiro atoms. The molecule has 3 aromatic rings. The summed E-state index contributed by atoms with van der Waals surface area (Å²) in [5.74, 6) is -0.147. The van der Waals surface area contributed by atoms with Crippen LogP contribution in [0.25, 0.3) is 16.5 Å². The molecule has 0 fully saturated rings. The average molecular weight is 369 g/mol. The van der Waals surface area contributed by atoms with Gasteiger partial charge in [-0.05, 0) is 43.3 Å². The van der Waals surface area contributed by atoms with Crippen molar-refractivity contribution < 1.29 is 4.79 Å². The Labute approximate surface area is 156 Å². The van der Waals surface area contributed by atoms with Gasteiger partial charge in [0.15, 0.2) is 0 Å². The van der Waals surface area contributed by atoms with E-state index in [1.165, 1.54) is 0 Å². The number of nitrogens with one attached hydrogen (secondary N) is 1. The second-order valence-corrected chi connectivity index (χ2v) is 7.02. The van der Waals surface area contributed by atoms with E-state index in [9.17, 15) is 4.79 Å². The molecule has 25 heavy (non-hydrogen) atoms. The fourth-order valence-electron chi connectivity index (χ4n) is 2.37. The van der Waals surface area contributed by atoms with Crippen molar-refractivity contribution in [2.45, 2.75) is 13.0 Å². The second kappa shape index (κ2) is 8.10. The Hall–Kier alpha value is -2.43. The number of thiophene rings is 1. The number of hydrogen-bond acceptors (Lipinski definition) is 3. The molecule has 2 heterocycles. The number of rotatable bonds is 5. The maximum absolute atomic E-state index is 12.1. The highest BCUT2D eigenvalue weighted by Gasteiger charge is 2.08. The topological polar surface area (TPSA) is 42.0 Å². The number of hydrogen-bond donors (Lipinski definition) is 1. The van der Waals surface area contributed by atoms with Gasteiger partial charge in [0.2, 0.25) is 5.91 Å². The van der Waals surface area contributed by atoms with E-state index >= 15 is 0 Å². The lowest BCUT2D eigenvalue weighted by Gasteiger charge is -2.11. The third kappa shape index (κ3) is 4.56. The Morgan fingerprint density at radius 1 is 1.16 bits per heavy atom. The van der Waals surface area contributed by atoms with Crippen LogP contribution in [0.2, 0.25) is 5.02 Å². The largest absolute Gasteiger partial charge is 0.344 e. The van der Waals surface area contributed by atoms with Crippen molar-refractivity contribution in [1.29, 1.82) is 0 Å². The number of nitrogens with zero attached hydrogens (tertiary/aromatic N) is 1. The molecule has 0 aliphatic heterocycles. The van der Waals surface area contributed by atoms with Crippen LogP contribution in [0, 0.1) is 0 Å². The van der Waals surface area contributed by atoms with Crippen LogP contribution in [0.5, 0.6) is 0 Å². The number of carbonyl (C=O) groups is 1. The zero-order chi connectivity index (χ0) is 17.6. The Kier molecular flexibility index (Phi) is 5.64. The van der Waals surface area contributed by atoms with Gasteiger partial charge in [0.1, 0.15) is 0 Å². The highest BCUT2D eigenvalue weighted by Crippen LogP contribution is 2.33. The molecule has 0 saturated heterocycles. The lowest BCUT2D eigenvalue weighted by Crippen LogP contribution is -2.25. The number of amides is 1. The standard InChI is InChI=1S/C20H17ClN2OS/c1-14(18-8-4-5-13-22-18)23-20(24)12-10-15-9-11-19(25-15)16-6-2-3-7-17(16)21/h2-14H,1H3,(H,23,24)/b12-10+. The summed E-state index contributed by atoms with van der Waals surface area (Å²) in [6.07, 6.45) is 5.07. The average Bonchev–Trinajstić information content (AvgIpc) is 3.10. The molecular formula is C20H17ClN2OS. The zero-order valence-corrected chi connectivity index (χ0v) is 15.2. The normalized spacial score (nSPS) is 12.2. The molecule has 1 unspecified atom stereocenters. The van der Waals surface area contributed by atoms with Crippen molar-refractivity contribution in [3.63, 3.8) is 0 Å². The van der Waals surface area contributed by atoms with E-state index in [4.69, 9.17) is 11.6 Å². The third-order valence-corrected chi connectivity index (χ3v) is 5.07. The number of halogens is 1. The summed E-state index contributed by atoms with van der Waals surface area (Å²) in [6, 6.07) is 17.2. The number of carbonyl (C=O) groups excluding carboxylic acids is 1. The van der Waals surface area contributed by atoms with Crippen LogP contribution >= 0.6 is 22.9 Å². The summed E-state index contributed by atoms with van der Waals surface area (Å²) in [6.45, 7) is 1.91. The fraction of sp³-hybridized carbons (Fsp3) is 0.100. The summed E-state index contributed by atoms with van der Waals surface area (Å²) in [5, 5.41) is 3.63. The maximum atomic E-state index is 12.1. The van der Waals surface area contributed by atoms with E-state index < -0.39 is 0 Å². The molecule has 126 valence electrons. The highest BCUT2D eigenvalue weighted by atomic mass is 35.5. The molecule has 0 radical (unpaired) electrons. The Bertz CT molecular complexity index is 889. The minimum absolute atomic E-state index is 0.139. The maximum Gasteiger partial charge on any atom is 0.244 e. The SMILES string of the molecule is CC(NC(=O)/C=C/c1ccc(-c2ccccc2Cl)s1)c1ccccn1. The van der Waals surface area contributed by atoms with E-state index in [-0.39, 0.29) is 11.9 Å². The van der Waals surface area contributed by atoms with Crippen molar-refractivity contribution >= 4 is 34.9 Å². The summed E-state index contributed by atoms with van der Waals surface area (Å²) in [4.78, 5) is 18.4. The van der Waals surface area contributed by atoms with Gasteiger partial charge in [-0.15, -0.1) is 11.3 Å². The van der Waals surface area contributed by atoms with Gasteiger partial charge < -0.3 is 5.32 Å². The van der Waals surface area contributed by atoms with Gasteiger partial charge in [-0.2, -0.15) is 0 Å². The molecule has 1 atom stereocenters. The Morgan fingerprint density at radius 2 is 1.96 bits per heavy atom. The minimum atomic E-state index is -0.147. The van der Waals surface area contributed by atoms with E-state index in [1.54, 1.807) is 23.6 Å². The number of pyridine rings is 1. The summed E-state index contributed by atoms with van der Waals surface area (Å²) in [5.41, 5.74) is 1.84. The smallest absolute Gasteiger partial charge is 0.244 e. The quantitative estimate of drug-likeness (QED) is 0.616. The van der Waals surface area contributed by atoms with Crippen LogP contribution in [0.1, 0.15) is 23.5 Å². The zero-order valence-electron chi connectivity index (χ0n) is 13.6. The molecule has 3 nitrogen and oxygen atoms in total. The van der Waals surface area contributed by atoms with E-state index in [2.05, 4.69) is 10.3 Å². The van der Waals surface area contributed by atoms with Crippen molar-refractivity contribution in [3.05, 3.63) is 82.5 Å². The Morgan fingerprint density at radius 3 is 2.72 bits per heavy atom. The summed E-state index contributed by atoms with van der Waals surface area (Å²) in [7, 11) is 0. The van der Waals surface area contributed by atoms with E-state index in [0.29, 0.717) is 0 Å². The Balaban J connectivity index is 1.64. The van der Waals surface area contributed by atoms with Crippen LogP contribution in [-0.2, 0) is 4.79 Å². The van der Waals surface area contributed by atoms with Gasteiger partial charge in [-0.3, -0.25) is 9.78 Å². The van der Waals surface area contributed by atoms with E-state index in [0.717, 1.165) is 26.0 Å². The van der Waals surface area contributed by atoms with Crippen molar-refractivity contribution in [1.82, 2.24) is 10.3 Å². The lowest BCUT2D eigenvalue weighted by molar-refractivity contribution is -0.117. The molecule has 0 bridgehead atoms. The summed E-state index contributed by atoms with van der Waals surface area (Å²) < 4.78 is 0. The van der Waals surface area contributed by atoms with Gasteiger partial charge in [-0.25, -0.2) is 0 Å². The van der Waals surface area contributed by atoms with Gasteiger partial charge >= 0.3 is 0 Å². The first-order chi connectivity index (χ1) is 12.1. The second-order valence-electron chi connectivity index (χ2n) is 5.50. The highest BCUT2D eigenvalue weighted by molar-refractivity contribution is 7.16. The molecule has 1 amide bonds. The molecule has 3 rings (SSSR count). The lowest BCUT2D eigenvalue weighted by atomic mass is 10.2. The van der Waals surface area contributed by atoms with Gasteiger partial charge in [-0.1, -0.05) is 35.9 Å². The van der Waals surface area contributed by atoms with Gasteiger partial charge in [0, 0.05) is 32.6 Å². The molecule has 0 aliphatic rings. The first-order valence-corrected chi connectivity index (χ1v) is 9.07. The number of benzene rings is 1. The monoisotopic (exact) mass is 368 g/mol. The van der Waals surface area contributed by atoms with Crippen LogP contribution in [0.15, 0.2) is 66.9 Å². The third-order valence-electron chi connectivity index (χ3n) is 3.66. The van der Waals surface area contributed by atoms with Crippen molar-refractivity contribution in [2.75, 3.05) is 0 Å².